The summed E-state index contributed by atoms with van der Waals surface area (Å²) in [6.45, 7) is 3.52. The number of nitrogens with one attached hydrogen (secondary N) is 1. The average Bonchev–Trinajstić information content (AvgIpc) is 2.65. The van der Waals surface area contributed by atoms with Crippen molar-refractivity contribution in [2.24, 2.45) is 5.92 Å². The van der Waals surface area contributed by atoms with Gasteiger partial charge in [0.25, 0.3) is 0 Å². The van der Waals surface area contributed by atoms with Gasteiger partial charge in [-0.3, -0.25) is 9.48 Å². The first-order valence-corrected chi connectivity index (χ1v) is 5.00. The summed E-state index contributed by atoms with van der Waals surface area (Å²) in [5.74, 6) is -1.53. The van der Waals surface area contributed by atoms with Gasteiger partial charge >= 0.3 is 5.97 Å². The highest BCUT2D eigenvalue weighted by molar-refractivity contribution is 5.83. The van der Waals surface area contributed by atoms with Gasteiger partial charge in [-0.05, 0) is 12.0 Å². The Hall–Kier alpha value is -1.85. The summed E-state index contributed by atoms with van der Waals surface area (Å²) in [5, 5.41) is 15.2. The Morgan fingerprint density at radius 2 is 2.19 bits per heavy atom. The Kier molecular flexibility index (Phi) is 4.04. The van der Waals surface area contributed by atoms with Crippen molar-refractivity contribution < 1.29 is 14.7 Å². The number of carbonyl (C=O) groups excluding carboxylic acids is 1. The van der Waals surface area contributed by atoms with Gasteiger partial charge in [-0.25, -0.2) is 4.79 Å². The minimum Gasteiger partial charge on any atom is -0.480 e. The predicted octanol–water partition coefficient (Wildman–Crippen LogP) is 0.108. The smallest absolute Gasteiger partial charge is 0.326 e. The Balaban J connectivity index is 2.52. The number of carboxylic acid groups (broad SMARTS) is 1. The van der Waals surface area contributed by atoms with Crippen LogP contribution in [0.15, 0.2) is 18.5 Å². The van der Waals surface area contributed by atoms with E-state index in [0.29, 0.717) is 0 Å². The summed E-state index contributed by atoms with van der Waals surface area (Å²) >= 11 is 0. The fourth-order valence-electron chi connectivity index (χ4n) is 1.27. The van der Waals surface area contributed by atoms with Gasteiger partial charge in [0.05, 0.1) is 0 Å². The summed E-state index contributed by atoms with van der Waals surface area (Å²) in [5.41, 5.74) is 0. The number of aliphatic carboxylic acids is 1. The second-order valence-corrected chi connectivity index (χ2v) is 3.83. The van der Waals surface area contributed by atoms with E-state index in [9.17, 15) is 9.59 Å². The summed E-state index contributed by atoms with van der Waals surface area (Å²) in [6.07, 6.45) is 3.20. The highest BCUT2D eigenvalue weighted by Crippen LogP contribution is 2.01. The lowest BCUT2D eigenvalue weighted by Crippen LogP contribution is -2.45. The van der Waals surface area contributed by atoms with E-state index < -0.39 is 12.0 Å². The van der Waals surface area contributed by atoms with E-state index >= 15 is 0 Å². The molecule has 0 fully saturated rings. The number of hydrogen-bond acceptors (Lipinski definition) is 3. The molecule has 2 N–H and O–H groups in total. The predicted molar refractivity (Wildman–Crippen MR) is 56.6 cm³/mol. The Morgan fingerprint density at radius 1 is 1.50 bits per heavy atom. The highest BCUT2D eigenvalue weighted by Gasteiger charge is 2.23. The van der Waals surface area contributed by atoms with Crippen LogP contribution in [0, 0.1) is 5.92 Å². The average molecular weight is 225 g/mol. The number of aromatic nitrogens is 2. The van der Waals surface area contributed by atoms with Crippen LogP contribution in [0.4, 0.5) is 0 Å². The summed E-state index contributed by atoms with van der Waals surface area (Å²) in [6, 6.07) is 0.841. The van der Waals surface area contributed by atoms with Gasteiger partial charge in [-0.2, -0.15) is 5.10 Å². The molecule has 1 amide bonds. The van der Waals surface area contributed by atoms with Crippen LogP contribution < -0.4 is 5.32 Å². The van der Waals surface area contributed by atoms with Crippen LogP contribution in [0.3, 0.4) is 0 Å². The molecule has 0 unspecified atom stereocenters. The number of carboxylic acids is 1. The fraction of sp³-hybridized carbons (Fsp3) is 0.500. The molecule has 6 nitrogen and oxygen atoms in total. The van der Waals surface area contributed by atoms with E-state index in [-0.39, 0.29) is 18.4 Å². The van der Waals surface area contributed by atoms with Gasteiger partial charge in [-0.1, -0.05) is 13.8 Å². The molecular weight excluding hydrogens is 210 g/mol. The van der Waals surface area contributed by atoms with Crippen LogP contribution in [-0.4, -0.2) is 32.8 Å². The normalized spacial score (nSPS) is 12.4. The largest absolute Gasteiger partial charge is 0.480 e. The first-order chi connectivity index (χ1) is 7.50. The van der Waals surface area contributed by atoms with Crippen molar-refractivity contribution in [3.63, 3.8) is 0 Å². The Bertz CT molecular complexity index is 359. The zero-order valence-electron chi connectivity index (χ0n) is 9.25. The summed E-state index contributed by atoms with van der Waals surface area (Å²) < 4.78 is 1.44. The van der Waals surface area contributed by atoms with E-state index in [1.54, 1.807) is 32.3 Å². The molecule has 16 heavy (non-hydrogen) atoms. The molecule has 0 aromatic carbocycles. The maximum absolute atomic E-state index is 11.5. The van der Waals surface area contributed by atoms with Gasteiger partial charge in [0.2, 0.25) is 5.91 Å². The molecule has 1 heterocycles. The second-order valence-electron chi connectivity index (χ2n) is 3.83. The van der Waals surface area contributed by atoms with Gasteiger partial charge in [0, 0.05) is 12.4 Å². The van der Waals surface area contributed by atoms with Gasteiger partial charge in [0.1, 0.15) is 12.6 Å². The number of amides is 1. The molecule has 1 aromatic rings. The monoisotopic (exact) mass is 225 g/mol. The molecule has 6 heteroatoms. The van der Waals surface area contributed by atoms with Gasteiger partial charge in [0.15, 0.2) is 0 Å². The molecular formula is C10H15N3O3. The van der Waals surface area contributed by atoms with E-state index in [0.717, 1.165) is 0 Å². The van der Waals surface area contributed by atoms with E-state index in [2.05, 4.69) is 10.4 Å². The number of carbonyl (C=O) groups is 2. The molecule has 88 valence electrons. The molecule has 1 rings (SSSR count). The van der Waals surface area contributed by atoms with E-state index in [4.69, 9.17) is 5.11 Å². The van der Waals surface area contributed by atoms with Crippen molar-refractivity contribution in [1.82, 2.24) is 15.1 Å². The van der Waals surface area contributed by atoms with E-state index in [1.165, 1.54) is 4.68 Å². The lowest BCUT2D eigenvalue weighted by Gasteiger charge is -2.17. The second kappa shape index (κ2) is 5.29. The highest BCUT2D eigenvalue weighted by atomic mass is 16.4. The first kappa shape index (κ1) is 12.2. The molecule has 0 bridgehead atoms. The van der Waals surface area contributed by atoms with Crippen LogP contribution in [0.2, 0.25) is 0 Å². The molecule has 1 atom stereocenters. The molecule has 0 saturated heterocycles. The quantitative estimate of drug-likeness (QED) is 0.744. The molecule has 0 aliphatic rings. The molecule has 0 spiro atoms. The molecule has 0 saturated carbocycles. The SMILES string of the molecule is CC(C)[C@H](NC(=O)Cn1cccn1)C(=O)O. The van der Waals surface area contributed by atoms with Gasteiger partial charge in [-0.15, -0.1) is 0 Å². The minimum absolute atomic E-state index is 0.0312. The standard InChI is InChI=1S/C10H15N3O3/c1-7(2)9(10(15)16)12-8(14)6-13-5-3-4-11-13/h3-5,7,9H,6H2,1-2H3,(H,12,14)(H,15,16)/t9-/m0/s1. The Morgan fingerprint density at radius 3 is 2.62 bits per heavy atom. The minimum atomic E-state index is -1.02. The van der Waals surface area contributed by atoms with Crippen LogP contribution >= 0.6 is 0 Å². The maximum Gasteiger partial charge on any atom is 0.326 e. The number of hydrogen-bond donors (Lipinski definition) is 2. The van der Waals surface area contributed by atoms with Crippen molar-refractivity contribution in [3.8, 4) is 0 Å². The molecule has 0 radical (unpaired) electrons. The maximum atomic E-state index is 11.5. The lowest BCUT2D eigenvalue weighted by atomic mass is 10.1. The third-order valence-electron chi connectivity index (χ3n) is 2.11. The number of nitrogens with zero attached hydrogens (tertiary/aromatic N) is 2. The van der Waals surface area contributed by atoms with Crippen LogP contribution in [0.5, 0.6) is 0 Å². The molecule has 0 aliphatic heterocycles. The van der Waals surface area contributed by atoms with Crippen LogP contribution in [0.1, 0.15) is 13.8 Å². The zero-order chi connectivity index (χ0) is 12.1. The lowest BCUT2D eigenvalue weighted by molar-refractivity contribution is -0.143. The molecule has 0 aliphatic carbocycles. The van der Waals surface area contributed by atoms with Crippen molar-refractivity contribution in [3.05, 3.63) is 18.5 Å². The van der Waals surface area contributed by atoms with Crippen molar-refractivity contribution in [1.29, 1.82) is 0 Å². The molecule has 1 aromatic heterocycles. The first-order valence-electron chi connectivity index (χ1n) is 5.00. The third kappa shape index (κ3) is 3.38. The summed E-state index contributed by atoms with van der Waals surface area (Å²) in [7, 11) is 0. The van der Waals surface area contributed by atoms with Gasteiger partial charge < -0.3 is 10.4 Å². The summed E-state index contributed by atoms with van der Waals surface area (Å²) in [4.78, 5) is 22.3. The van der Waals surface area contributed by atoms with Crippen LogP contribution in [0.25, 0.3) is 0 Å². The van der Waals surface area contributed by atoms with Crippen molar-refractivity contribution in [2.75, 3.05) is 0 Å². The van der Waals surface area contributed by atoms with Crippen LogP contribution in [-0.2, 0) is 16.1 Å². The third-order valence-corrected chi connectivity index (χ3v) is 2.11. The zero-order valence-corrected chi connectivity index (χ0v) is 9.25. The Labute approximate surface area is 93.3 Å². The fourth-order valence-corrected chi connectivity index (χ4v) is 1.27. The van der Waals surface area contributed by atoms with Crippen molar-refractivity contribution in [2.45, 2.75) is 26.4 Å². The topological polar surface area (TPSA) is 84.2 Å². The van der Waals surface area contributed by atoms with Crippen molar-refractivity contribution >= 4 is 11.9 Å². The number of rotatable bonds is 5. The van der Waals surface area contributed by atoms with E-state index in [1.807, 2.05) is 0 Å².